The minimum Gasteiger partial charge on any atom is -0.488 e. The largest absolute Gasteiger partial charge is 0.573 e. The van der Waals surface area contributed by atoms with E-state index < -0.39 is 36.3 Å². The molecule has 6 nitrogen and oxygen atoms in total. The van der Waals surface area contributed by atoms with Gasteiger partial charge in [-0.15, -0.1) is 26.3 Å². The number of ether oxygens (including phenoxy) is 4. The van der Waals surface area contributed by atoms with Crippen molar-refractivity contribution in [2.75, 3.05) is 13.2 Å². The van der Waals surface area contributed by atoms with Crippen LogP contribution in [0.25, 0.3) is 0 Å². The lowest BCUT2D eigenvalue weighted by Gasteiger charge is -2.13. The molecule has 0 aromatic heterocycles. The van der Waals surface area contributed by atoms with Gasteiger partial charge in [-0.3, -0.25) is 0 Å². The highest BCUT2D eigenvalue weighted by atomic mass is 79.9. The van der Waals surface area contributed by atoms with Gasteiger partial charge in [-0.25, -0.2) is 4.79 Å². The summed E-state index contributed by atoms with van der Waals surface area (Å²) < 4.78 is 93.4. The van der Waals surface area contributed by atoms with E-state index in [-0.39, 0.29) is 25.2 Å². The molecule has 37 heavy (non-hydrogen) atoms. The van der Waals surface area contributed by atoms with Crippen LogP contribution in [-0.4, -0.2) is 43.1 Å². The molecular formula is C24H19BrF6O6. The van der Waals surface area contributed by atoms with E-state index in [0.29, 0.717) is 21.9 Å². The average molecular weight is 597 g/mol. The maximum absolute atomic E-state index is 12.5. The fourth-order valence-corrected chi connectivity index (χ4v) is 3.36. The molecule has 0 saturated carbocycles. The normalized spacial score (nSPS) is 12.5. The summed E-state index contributed by atoms with van der Waals surface area (Å²) in [5.41, 5.74) is 0.490. The van der Waals surface area contributed by atoms with Crippen molar-refractivity contribution < 1.29 is 55.2 Å². The maximum Gasteiger partial charge on any atom is 0.573 e. The zero-order chi connectivity index (χ0) is 27.6. The molecule has 0 saturated heterocycles. The van der Waals surface area contributed by atoms with Gasteiger partial charge in [0, 0.05) is 24.7 Å². The van der Waals surface area contributed by atoms with Crippen LogP contribution in [-0.2, 0) is 16.0 Å². The summed E-state index contributed by atoms with van der Waals surface area (Å²) in [5, 5.41) is 9.18. The fraction of sp³-hybridized carbons (Fsp3) is 0.292. The van der Waals surface area contributed by atoms with Crippen LogP contribution >= 0.6 is 15.9 Å². The second-order valence-corrected chi connectivity index (χ2v) is 7.88. The smallest absolute Gasteiger partial charge is 0.488 e. The van der Waals surface area contributed by atoms with Crippen LogP contribution in [0.4, 0.5) is 26.3 Å². The molecule has 1 unspecified atom stereocenters. The lowest BCUT2D eigenvalue weighted by atomic mass is 10.1. The third-order valence-electron chi connectivity index (χ3n) is 4.16. The van der Waals surface area contributed by atoms with Gasteiger partial charge in [0.1, 0.15) is 23.9 Å². The summed E-state index contributed by atoms with van der Waals surface area (Å²) in [4.78, 5) is 11.2. The van der Waals surface area contributed by atoms with Gasteiger partial charge in [0.15, 0.2) is 6.10 Å². The highest BCUT2D eigenvalue weighted by molar-refractivity contribution is 9.10. The lowest BCUT2D eigenvalue weighted by Crippen LogP contribution is -2.26. The van der Waals surface area contributed by atoms with Crippen LogP contribution < -0.4 is 14.2 Å². The minimum atomic E-state index is -5.12. The molecule has 0 radical (unpaired) electrons. The van der Waals surface area contributed by atoms with Gasteiger partial charge >= 0.3 is 18.7 Å². The maximum atomic E-state index is 12.5. The zero-order valence-corrected chi connectivity index (χ0v) is 20.5. The van der Waals surface area contributed by atoms with Gasteiger partial charge in [-0.2, -0.15) is 0 Å². The first-order valence-corrected chi connectivity index (χ1v) is 11.1. The second-order valence-electron chi connectivity index (χ2n) is 7.02. The van der Waals surface area contributed by atoms with Crippen LogP contribution in [0.3, 0.4) is 0 Å². The number of carbonyl (C=O) groups is 1. The highest BCUT2D eigenvalue weighted by Gasteiger charge is 2.33. The molecule has 1 atom stereocenters. The van der Waals surface area contributed by atoms with Crippen LogP contribution in [0.5, 0.6) is 17.2 Å². The number of alkyl halides is 6. The Hall–Kier alpha value is -3.37. The summed E-state index contributed by atoms with van der Waals surface area (Å²) in [7, 11) is 0. The number of allylic oxidation sites excluding steroid dienone is 1. The second kappa shape index (κ2) is 13.3. The molecule has 1 N–H and O–H groups in total. The molecule has 200 valence electrons. The first-order chi connectivity index (χ1) is 17.3. The predicted molar refractivity (Wildman–Crippen MR) is 122 cm³/mol. The Kier molecular flexibility index (Phi) is 10.7. The summed E-state index contributed by atoms with van der Waals surface area (Å²) in [6.45, 7) is 1.98. The van der Waals surface area contributed by atoms with Gasteiger partial charge in [0.2, 0.25) is 0 Å². The van der Waals surface area contributed by atoms with Gasteiger partial charge in [-0.05, 0) is 64.8 Å². The highest BCUT2D eigenvalue weighted by Crippen LogP contribution is 2.31. The Bertz CT molecular complexity index is 1130. The number of benzene rings is 2. The number of aliphatic carboxylic acids is 1. The molecule has 0 aliphatic rings. The third-order valence-corrected chi connectivity index (χ3v) is 4.78. The number of rotatable bonds is 10. The Morgan fingerprint density at radius 2 is 1.68 bits per heavy atom. The molecule has 0 bridgehead atoms. The molecule has 2 aromatic rings. The zero-order valence-electron chi connectivity index (χ0n) is 19.0. The van der Waals surface area contributed by atoms with E-state index in [9.17, 15) is 36.2 Å². The van der Waals surface area contributed by atoms with E-state index >= 15 is 0 Å². The van der Waals surface area contributed by atoms with E-state index in [1.807, 2.05) is 0 Å². The van der Waals surface area contributed by atoms with E-state index in [1.54, 1.807) is 25.1 Å². The molecule has 0 spiro atoms. The number of hydrogen-bond acceptors (Lipinski definition) is 5. The van der Waals surface area contributed by atoms with Gasteiger partial charge < -0.3 is 24.1 Å². The molecule has 0 heterocycles. The SMILES string of the molecule is CCOC(Cc1ccc(OCC=CC#Cc2cc(OC(F)(F)F)cc(OC(F)(F)F)c2)c(Br)c1)C(=O)O. The summed E-state index contributed by atoms with van der Waals surface area (Å²) in [6.07, 6.45) is -8.31. The standard InChI is InChI=1S/C24H19BrF6O6/c1-2-34-21(22(32)33)13-16-7-8-20(19(25)12-16)35-9-5-3-4-6-15-10-17(36-23(26,27)28)14-18(11-15)37-24(29,30)31/h3,5,7-8,10-12,14,21H,2,9,13H2,1H3,(H,32,33). The number of hydrogen-bond donors (Lipinski definition) is 1. The molecule has 13 heteroatoms. The van der Waals surface area contributed by atoms with Crippen molar-refractivity contribution in [3.63, 3.8) is 0 Å². The fourth-order valence-electron chi connectivity index (χ4n) is 2.82. The van der Waals surface area contributed by atoms with Crippen molar-refractivity contribution in [2.24, 2.45) is 0 Å². The Labute approximate surface area is 215 Å². The van der Waals surface area contributed by atoms with Gasteiger partial charge in [0.25, 0.3) is 0 Å². The Morgan fingerprint density at radius 3 is 2.19 bits per heavy atom. The Morgan fingerprint density at radius 1 is 1.05 bits per heavy atom. The molecule has 0 fully saturated rings. The third kappa shape index (κ3) is 11.5. The molecule has 2 aromatic carbocycles. The monoisotopic (exact) mass is 596 g/mol. The first kappa shape index (κ1) is 29.9. The lowest BCUT2D eigenvalue weighted by molar-refractivity contribution is -0.276. The van der Waals surface area contributed by atoms with Crippen molar-refractivity contribution in [3.8, 4) is 29.1 Å². The minimum absolute atomic E-state index is 0.0307. The Balaban J connectivity index is 2.03. The van der Waals surface area contributed by atoms with Crippen molar-refractivity contribution in [2.45, 2.75) is 32.2 Å². The predicted octanol–water partition coefficient (Wildman–Crippen LogP) is 6.27. The molecule has 0 amide bonds. The van der Waals surface area contributed by atoms with E-state index in [2.05, 4.69) is 37.2 Å². The average Bonchev–Trinajstić information content (AvgIpc) is 2.74. The van der Waals surface area contributed by atoms with E-state index in [1.165, 1.54) is 12.2 Å². The molecular weight excluding hydrogens is 578 g/mol. The van der Waals surface area contributed by atoms with Crippen molar-refractivity contribution in [1.29, 1.82) is 0 Å². The number of halogens is 7. The van der Waals surface area contributed by atoms with Crippen LogP contribution in [0.15, 0.2) is 53.0 Å². The summed E-state index contributed by atoms with van der Waals surface area (Å²) in [5.74, 6) is 2.39. The summed E-state index contributed by atoms with van der Waals surface area (Å²) >= 11 is 3.33. The van der Waals surface area contributed by atoms with Crippen molar-refractivity contribution in [3.05, 3.63) is 64.1 Å². The van der Waals surface area contributed by atoms with Gasteiger partial charge in [0.05, 0.1) is 4.47 Å². The van der Waals surface area contributed by atoms with E-state index in [0.717, 1.165) is 12.1 Å². The molecule has 0 aliphatic carbocycles. The van der Waals surface area contributed by atoms with E-state index in [4.69, 9.17) is 9.47 Å². The number of carboxylic acids is 1. The van der Waals surface area contributed by atoms with Crippen LogP contribution in [0, 0.1) is 11.8 Å². The first-order valence-electron chi connectivity index (χ1n) is 10.3. The van der Waals surface area contributed by atoms with Crippen molar-refractivity contribution in [1.82, 2.24) is 0 Å². The number of carboxylic acid groups (broad SMARTS) is 1. The summed E-state index contributed by atoms with van der Waals surface area (Å²) in [6, 6.07) is 7.05. The van der Waals surface area contributed by atoms with Crippen LogP contribution in [0.2, 0.25) is 0 Å². The van der Waals surface area contributed by atoms with Crippen LogP contribution in [0.1, 0.15) is 18.1 Å². The van der Waals surface area contributed by atoms with Crippen molar-refractivity contribution >= 4 is 21.9 Å². The quantitative estimate of drug-likeness (QED) is 0.258. The molecule has 2 rings (SSSR count). The molecule has 0 aliphatic heterocycles. The topological polar surface area (TPSA) is 74.2 Å². The van der Waals surface area contributed by atoms with Gasteiger partial charge in [-0.1, -0.05) is 17.9 Å².